The lowest BCUT2D eigenvalue weighted by Crippen LogP contribution is -2.06. The van der Waals surface area contributed by atoms with Crippen LogP contribution in [0, 0.1) is 0 Å². The van der Waals surface area contributed by atoms with Gasteiger partial charge in [-0.3, -0.25) is 4.68 Å². The van der Waals surface area contributed by atoms with Gasteiger partial charge in [0.25, 0.3) is 0 Å². The van der Waals surface area contributed by atoms with Crippen LogP contribution in [0.4, 0.5) is 0 Å². The Morgan fingerprint density at radius 1 is 1.32 bits per heavy atom. The number of rotatable bonds is 6. The quantitative estimate of drug-likeness (QED) is 0.869. The van der Waals surface area contributed by atoms with Crippen molar-refractivity contribution < 1.29 is 9.52 Å². The van der Waals surface area contributed by atoms with Gasteiger partial charge in [-0.25, -0.2) is 0 Å². The number of aliphatic hydroxyl groups is 1. The summed E-state index contributed by atoms with van der Waals surface area (Å²) < 4.78 is 7.50. The maximum Gasteiger partial charge on any atom is 0.133 e. The second kappa shape index (κ2) is 6.06. The Morgan fingerprint density at radius 2 is 2.11 bits per heavy atom. The molecule has 19 heavy (non-hydrogen) atoms. The summed E-state index contributed by atoms with van der Waals surface area (Å²) in [6.07, 6.45) is 3.72. The Bertz CT molecular complexity index is 516. The van der Waals surface area contributed by atoms with E-state index in [2.05, 4.69) is 18.9 Å². The summed E-state index contributed by atoms with van der Waals surface area (Å²) in [6.45, 7) is 6.30. The van der Waals surface area contributed by atoms with Crippen LogP contribution in [0.25, 0.3) is 0 Å². The number of furan rings is 1. The molecule has 104 valence electrons. The first-order valence-electron chi connectivity index (χ1n) is 6.94. The molecule has 2 atom stereocenters. The van der Waals surface area contributed by atoms with E-state index >= 15 is 0 Å². The van der Waals surface area contributed by atoms with Gasteiger partial charge in [0.05, 0.1) is 5.69 Å². The lowest BCUT2D eigenvalue weighted by Gasteiger charge is -2.09. The zero-order valence-corrected chi connectivity index (χ0v) is 11.8. The van der Waals surface area contributed by atoms with Crippen molar-refractivity contribution >= 4 is 0 Å². The van der Waals surface area contributed by atoms with Crippen molar-refractivity contribution in [2.75, 3.05) is 0 Å². The van der Waals surface area contributed by atoms with Gasteiger partial charge in [-0.1, -0.05) is 13.8 Å². The average molecular weight is 262 g/mol. The Morgan fingerprint density at radius 3 is 2.74 bits per heavy atom. The average Bonchev–Trinajstić information content (AvgIpc) is 3.06. The Labute approximate surface area is 114 Å². The number of aryl methyl sites for hydroxylation is 1. The molecule has 0 amide bonds. The number of aromatic nitrogens is 2. The molecule has 0 spiro atoms. The number of hydrogen-bond donors (Lipinski definition) is 1. The van der Waals surface area contributed by atoms with Crippen molar-refractivity contribution in [2.45, 2.75) is 52.2 Å². The maximum absolute atomic E-state index is 10.1. The highest BCUT2D eigenvalue weighted by atomic mass is 16.4. The summed E-state index contributed by atoms with van der Waals surface area (Å²) in [7, 11) is 0. The van der Waals surface area contributed by atoms with Crippen molar-refractivity contribution in [2.24, 2.45) is 0 Å². The highest BCUT2D eigenvalue weighted by Crippen LogP contribution is 2.21. The molecule has 4 nitrogen and oxygen atoms in total. The molecule has 0 aromatic carbocycles. The Kier molecular flexibility index (Phi) is 4.43. The van der Waals surface area contributed by atoms with Gasteiger partial charge in [0.15, 0.2) is 0 Å². The maximum atomic E-state index is 10.1. The monoisotopic (exact) mass is 262 g/mol. The van der Waals surface area contributed by atoms with Gasteiger partial charge < -0.3 is 9.52 Å². The fraction of sp³-hybridized carbons (Fsp3) is 0.533. The van der Waals surface area contributed by atoms with Crippen molar-refractivity contribution in [1.82, 2.24) is 9.78 Å². The summed E-state index contributed by atoms with van der Waals surface area (Å²) >= 11 is 0. The van der Waals surface area contributed by atoms with E-state index in [9.17, 15) is 5.11 Å². The minimum Gasteiger partial charge on any atom is -0.463 e. The van der Waals surface area contributed by atoms with Crippen LogP contribution in [0.3, 0.4) is 0 Å². The summed E-state index contributed by atoms with van der Waals surface area (Å²) in [6, 6.07) is 6.10. The molecule has 0 saturated carbocycles. The van der Waals surface area contributed by atoms with E-state index in [-0.39, 0.29) is 0 Å². The van der Waals surface area contributed by atoms with Crippen molar-refractivity contribution in [1.29, 1.82) is 0 Å². The lowest BCUT2D eigenvalue weighted by molar-refractivity contribution is 0.147. The molecule has 2 unspecified atom stereocenters. The van der Waals surface area contributed by atoms with Gasteiger partial charge in [-0.05, 0) is 31.5 Å². The predicted octanol–water partition coefficient (Wildman–Crippen LogP) is 3.29. The first-order valence-corrected chi connectivity index (χ1v) is 6.94. The third-order valence-electron chi connectivity index (χ3n) is 3.47. The summed E-state index contributed by atoms with van der Waals surface area (Å²) in [5.74, 6) is 1.52. The molecule has 2 heterocycles. The molecule has 4 heteroatoms. The smallest absolute Gasteiger partial charge is 0.133 e. The highest BCUT2D eigenvalue weighted by molar-refractivity contribution is 5.12. The van der Waals surface area contributed by atoms with Gasteiger partial charge >= 0.3 is 0 Å². The third kappa shape index (κ3) is 3.26. The standard InChI is InChI=1S/C15H22N2O2/c1-4-11(3)17-9-8-12(16-17)10-14(18)15-7-6-13(5-2)19-15/h6-9,11,14,18H,4-5,10H2,1-3H3. The van der Waals surface area contributed by atoms with E-state index in [1.165, 1.54) is 0 Å². The zero-order chi connectivity index (χ0) is 13.8. The minimum atomic E-state index is -0.624. The van der Waals surface area contributed by atoms with E-state index in [0.717, 1.165) is 24.3 Å². The second-order valence-corrected chi connectivity index (χ2v) is 4.92. The van der Waals surface area contributed by atoms with Crippen molar-refractivity contribution in [3.63, 3.8) is 0 Å². The summed E-state index contributed by atoms with van der Waals surface area (Å²) in [4.78, 5) is 0. The first kappa shape index (κ1) is 13.9. The van der Waals surface area contributed by atoms with E-state index in [4.69, 9.17) is 4.42 Å². The van der Waals surface area contributed by atoms with E-state index in [1.807, 2.05) is 36.0 Å². The molecule has 0 aliphatic carbocycles. The SMILES string of the molecule is CCc1ccc(C(O)Cc2ccn(C(C)CC)n2)o1. The van der Waals surface area contributed by atoms with Crippen LogP contribution < -0.4 is 0 Å². The van der Waals surface area contributed by atoms with E-state index in [0.29, 0.717) is 18.2 Å². The Balaban J connectivity index is 2.02. The molecule has 0 aliphatic rings. The zero-order valence-electron chi connectivity index (χ0n) is 11.8. The predicted molar refractivity (Wildman–Crippen MR) is 74.0 cm³/mol. The highest BCUT2D eigenvalue weighted by Gasteiger charge is 2.15. The molecule has 0 fully saturated rings. The fourth-order valence-corrected chi connectivity index (χ4v) is 1.98. The molecular formula is C15H22N2O2. The second-order valence-electron chi connectivity index (χ2n) is 4.92. The van der Waals surface area contributed by atoms with Crippen LogP contribution in [-0.4, -0.2) is 14.9 Å². The van der Waals surface area contributed by atoms with Gasteiger partial charge in [0.2, 0.25) is 0 Å². The fourth-order valence-electron chi connectivity index (χ4n) is 1.98. The van der Waals surface area contributed by atoms with Crippen LogP contribution >= 0.6 is 0 Å². The minimum absolute atomic E-state index is 0.390. The molecule has 0 bridgehead atoms. The van der Waals surface area contributed by atoms with Gasteiger partial charge in [0, 0.05) is 25.1 Å². The normalized spacial score (nSPS) is 14.5. The van der Waals surface area contributed by atoms with Crippen LogP contribution in [0.1, 0.15) is 56.6 Å². The molecule has 2 aromatic heterocycles. The molecule has 0 radical (unpaired) electrons. The Hall–Kier alpha value is -1.55. The number of aliphatic hydroxyl groups excluding tert-OH is 1. The largest absolute Gasteiger partial charge is 0.463 e. The van der Waals surface area contributed by atoms with Crippen molar-refractivity contribution in [3.05, 3.63) is 41.6 Å². The molecule has 2 rings (SSSR count). The van der Waals surface area contributed by atoms with E-state index < -0.39 is 6.10 Å². The summed E-state index contributed by atoms with van der Waals surface area (Å²) in [5.41, 5.74) is 0.891. The number of hydrogen-bond acceptors (Lipinski definition) is 3. The van der Waals surface area contributed by atoms with Crippen LogP contribution in [0.2, 0.25) is 0 Å². The molecule has 0 saturated heterocycles. The molecule has 2 aromatic rings. The summed E-state index contributed by atoms with van der Waals surface area (Å²) in [5, 5.41) is 14.6. The molecule has 0 aliphatic heterocycles. The number of nitrogens with zero attached hydrogens (tertiary/aromatic N) is 2. The van der Waals surface area contributed by atoms with E-state index in [1.54, 1.807) is 0 Å². The van der Waals surface area contributed by atoms with Crippen LogP contribution in [0.15, 0.2) is 28.8 Å². The van der Waals surface area contributed by atoms with Gasteiger partial charge in [0.1, 0.15) is 17.6 Å². The topological polar surface area (TPSA) is 51.2 Å². The van der Waals surface area contributed by atoms with Crippen molar-refractivity contribution in [3.8, 4) is 0 Å². The van der Waals surface area contributed by atoms with Gasteiger partial charge in [-0.2, -0.15) is 5.10 Å². The molecular weight excluding hydrogens is 240 g/mol. The van der Waals surface area contributed by atoms with Crippen LogP contribution in [0.5, 0.6) is 0 Å². The van der Waals surface area contributed by atoms with Crippen LogP contribution in [-0.2, 0) is 12.8 Å². The third-order valence-corrected chi connectivity index (χ3v) is 3.47. The van der Waals surface area contributed by atoms with Gasteiger partial charge in [-0.15, -0.1) is 0 Å². The lowest BCUT2D eigenvalue weighted by atomic mass is 10.1. The molecule has 1 N–H and O–H groups in total. The first-order chi connectivity index (χ1) is 9.13.